The predicted octanol–water partition coefficient (Wildman–Crippen LogP) is 1.40. The smallest absolute Gasteiger partial charge is 0.0658 e. The van der Waals surface area contributed by atoms with Crippen LogP contribution in [0.15, 0.2) is 11.5 Å². The summed E-state index contributed by atoms with van der Waals surface area (Å²) in [7, 11) is 1.69. The van der Waals surface area contributed by atoms with Crippen LogP contribution in [0.4, 0.5) is 0 Å². The van der Waals surface area contributed by atoms with Crippen LogP contribution in [0.5, 0.6) is 0 Å². The van der Waals surface area contributed by atoms with E-state index in [4.69, 9.17) is 4.74 Å². The number of hydrogen-bond acceptors (Lipinski definition) is 3. The summed E-state index contributed by atoms with van der Waals surface area (Å²) < 4.78 is 5.18. The van der Waals surface area contributed by atoms with Crippen molar-refractivity contribution in [2.75, 3.05) is 12.9 Å². The summed E-state index contributed by atoms with van der Waals surface area (Å²) in [5.74, 6) is 0.788. The van der Waals surface area contributed by atoms with E-state index in [1.165, 1.54) is 0 Å². The van der Waals surface area contributed by atoms with Gasteiger partial charge in [0.2, 0.25) is 0 Å². The minimum atomic E-state index is -0.213. The van der Waals surface area contributed by atoms with Crippen molar-refractivity contribution in [1.82, 2.24) is 0 Å². The fourth-order valence-electron chi connectivity index (χ4n) is 1.10. The van der Waals surface area contributed by atoms with E-state index in [1.807, 2.05) is 5.41 Å². The monoisotopic (exact) mass is 174 g/mol. The summed E-state index contributed by atoms with van der Waals surface area (Å²) in [5.41, 5.74) is 0. The second-order valence-electron chi connectivity index (χ2n) is 2.69. The first-order chi connectivity index (χ1) is 5.33. The second kappa shape index (κ2) is 4.80. The molecule has 2 atom stereocenters. The van der Waals surface area contributed by atoms with Gasteiger partial charge in [0.15, 0.2) is 0 Å². The van der Waals surface area contributed by atoms with E-state index in [1.54, 1.807) is 18.9 Å². The van der Waals surface area contributed by atoms with Crippen molar-refractivity contribution >= 4 is 11.8 Å². The van der Waals surface area contributed by atoms with E-state index in [0.717, 1.165) is 18.6 Å². The molecular weight excluding hydrogens is 160 g/mol. The molecule has 2 nitrogen and oxygen atoms in total. The molecule has 1 rings (SSSR count). The highest BCUT2D eigenvalue weighted by molar-refractivity contribution is 8.02. The summed E-state index contributed by atoms with van der Waals surface area (Å²) in [6.07, 6.45) is 3.76. The maximum absolute atomic E-state index is 9.38. The SMILES string of the molecule is CO[C@H]1C/C=C\SC[C@@H](O)C1. The van der Waals surface area contributed by atoms with Crippen molar-refractivity contribution in [1.29, 1.82) is 0 Å². The van der Waals surface area contributed by atoms with Crippen molar-refractivity contribution in [3.05, 3.63) is 11.5 Å². The van der Waals surface area contributed by atoms with Crippen molar-refractivity contribution in [2.24, 2.45) is 0 Å². The molecule has 1 aliphatic heterocycles. The molecule has 0 aromatic carbocycles. The average molecular weight is 174 g/mol. The van der Waals surface area contributed by atoms with Gasteiger partial charge < -0.3 is 9.84 Å². The molecule has 1 N–H and O–H groups in total. The van der Waals surface area contributed by atoms with Crippen molar-refractivity contribution in [3.63, 3.8) is 0 Å². The summed E-state index contributed by atoms with van der Waals surface area (Å²) in [6.45, 7) is 0. The van der Waals surface area contributed by atoms with Gasteiger partial charge in [-0.2, -0.15) is 0 Å². The predicted molar refractivity (Wildman–Crippen MR) is 47.6 cm³/mol. The molecule has 11 heavy (non-hydrogen) atoms. The lowest BCUT2D eigenvalue weighted by Gasteiger charge is -2.18. The van der Waals surface area contributed by atoms with Crippen LogP contribution in [-0.4, -0.2) is 30.2 Å². The zero-order valence-corrected chi connectivity index (χ0v) is 7.51. The Hall–Kier alpha value is 0.01000. The third-order valence-corrected chi connectivity index (χ3v) is 2.71. The van der Waals surface area contributed by atoms with Crippen molar-refractivity contribution in [2.45, 2.75) is 25.0 Å². The quantitative estimate of drug-likeness (QED) is 0.651. The zero-order chi connectivity index (χ0) is 8.10. The highest BCUT2D eigenvalue weighted by Gasteiger charge is 2.13. The molecule has 3 heteroatoms. The number of rotatable bonds is 1. The topological polar surface area (TPSA) is 29.5 Å². The van der Waals surface area contributed by atoms with Crippen molar-refractivity contribution < 1.29 is 9.84 Å². The minimum Gasteiger partial charge on any atom is -0.392 e. The molecule has 0 saturated carbocycles. The first-order valence-corrected chi connectivity index (χ1v) is 4.85. The lowest BCUT2D eigenvalue weighted by Crippen LogP contribution is -2.21. The van der Waals surface area contributed by atoms with Gasteiger partial charge in [0.25, 0.3) is 0 Å². The van der Waals surface area contributed by atoms with Gasteiger partial charge in [-0.1, -0.05) is 6.08 Å². The molecule has 0 unspecified atom stereocenters. The lowest BCUT2D eigenvalue weighted by molar-refractivity contribution is 0.0549. The number of aliphatic hydroxyl groups is 1. The summed E-state index contributed by atoms with van der Waals surface area (Å²) in [6, 6.07) is 0. The third kappa shape index (κ3) is 3.27. The highest BCUT2D eigenvalue weighted by atomic mass is 32.2. The Morgan fingerprint density at radius 1 is 1.64 bits per heavy atom. The molecule has 0 saturated heterocycles. The minimum absolute atomic E-state index is 0.196. The van der Waals surface area contributed by atoms with Crippen LogP contribution in [0.25, 0.3) is 0 Å². The average Bonchev–Trinajstić information content (AvgIpc) is 1.96. The molecule has 0 aliphatic carbocycles. The molecular formula is C8H14O2S. The number of thioether (sulfide) groups is 1. The van der Waals surface area contributed by atoms with Crippen LogP contribution in [0, 0.1) is 0 Å². The van der Waals surface area contributed by atoms with Gasteiger partial charge >= 0.3 is 0 Å². The van der Waals surface area contributed by atoms with Gasteiger partial charge in [-0.3, -0.25) is 0 Å². The number of ether oxygens (including phenoxy) is 1. The van der Waals surface area contributed by atoms with Crippen LogP contribution in [0.1, 0.15) is 12.8 Å². The van der Waals surface area contributed by atoms with Gasteiger partial charge in [-0.15, -0.1) is 11.8 Å². The van der Waals surface area contributed by atoms with Crippen LogP contribution in [0.3, 0.4) is 0 Å². The van der Waals surface area contributed by atoms with Crippen LogP contribution in [0.2, 0.25) is 0 Å². The highest BCUT2D eigenvalue weighted by Crippen LogP contribution is 2.16. The molecule has 0 fully saturated rings. The number of methoxy groups -OCH3 is 1. The normalized spacial score (nSPS) is 35.8. The maximum atomic E-state index is 9.38. The molecule has 1 aliphatic rings. The Balaban J connectivity index is 2.41. The van der Waals surface area contributed by atoms with Gasteiger partial charge in [0, 0.05) is 19.3 Å². The Labute approximate surface area is 71.6 Å². The third-order valence-electron chi connectivity index (χ3n) is 1.75. The van der Waals surface area contributed by atoms with E-state index in [2.05, 4.69) is 6.08 Å². The van der Waals surface area contributed by atoms with Crippen LogP contribution in [-0.2, 0) is 4.74 Å². The van der Waals surface area contributed by atoms with Gasteiger partial charge in [-0.25, -0.2) is 0 Å². The Morgan fingerprint density at radius 2 is 2.45 bits per heavy atom. The molecule has 0 aromatic heterocycles. The standard InChI is InChI=1S/C8H14O2S/c1-10-8-3-2-4-11-6-7(9)5-8/h2,4,7-9H,3,5-6H2,1H3/b4-2-/t7-,8-/m0/s1. The molecule has 0 radical (unpaired) electrons. The molecule has 0 bridgehead atoms. The van der Waals surface area contributed by atoms with Gasteiger partial charge in [0.05, 0.1) is 12.2 Å². The van der Waals surface area contributed by atoms with Gasteiger partial charge in [-0.05, 0) is 11.8 Å². The number of hydrogen-bond donors (Lipinski definition) is 1. The van der Waals surface area contributed by atoms with E-state index in [-0.39, 0.29) is 12.2 Å². The first-order valence-electron chi connectivity index (χ1n) is 3.80. The van der Waals surface area contributed by atoms with E-state index in [0.29, 0.717) is 0 Å². The van der Waals surface area contributed by atoms with E-state index in [9.17, 15) is 5.11 Å². The fraction of sp³-hybridized carbons (Fsp3) is 0.750. The maximum Gasteiger partial charge on any atom is 0.0658 e. The summed E-state index contributed by atoms with van der Waals surface area (Å²) >= 11 is 1.66. The van der Waals surface area contributed by atoms with Gasteiger partial charge in [0.1, 0.15) is 0 Å². The Kier molecular flexibility index (Phi) is 3.97. The van der Waals surface area contributed by atoms with Crippen LogP contribution >= 0.6 is 11.8 Å². The zero-order valence-electron chi connectivity index (χ0n) is 6.69. The first kappa shape index (κ1) is 9.10. The van der Waals surface area contributed by atoms with E-state index < -0.39 is 0 Å². The molecule has 0 aromatic rings. The number of aliphatic hydroxyl groups excluding tert-OH is 1. The largest absolute Gasteiger partial charge is 0.392 e. The lowest BCUT2D eigenvalue weighted by atomic mass is 10.1. The van der Waals surface area contributed by atoms with Crippen LogP contribution < -0.4 is 0 Å². The van der Waals surface area contributed by atoms with E-state index >= 15 is 0 Å². The second-order valence-corrected chi connectivity index (χ2v) is 3.63. The van der Waals surface area contributed by atoms with Crippen molar-refractivity contribution in [3.8, 4) is 0 Å². The molecule has 64 valence electrons. The molecule has 1 heterocycles. The fourth-order valence-corrected chi connectivity index (χ4v) is 1.82. The molecule has 0 amide bonds. The summed E-state index contributed by atoms with van der Waals surface area (Å²) in [5, 5.41) is 11.4. The molecule has 0 spiro atoms. The Bertz CT molecular complexity index is 136. The summed E-state index contributed by atoms with van der Waals surface area (Å²) in [4.78, 5) is 0. The Morgan fingerprint density at radius 3 is 3.18 bits per heavy atom.